The Balaban J connectivity index is 1.50. The average Bonchev–Trinajstić information content (AvgIpc) is 2.47. The maximum atomic E-state index is 12.2. The number of nitrogens with zero attached hydrogens (tertiary/aromatic N) is 3. The first-order valence-electron chi connectivity index (χ1n) is 7.27. The van der Waals surface area contributed by atoms with Crippen LogP contribution in [0.15, 0.2) is 24.3 Å². The second-order valence-electron chi connectivity index (χ2n) is 5.45. The minimum absolute atomic E-state index is 0.0638. The van der Waals surface area contributed by atoms with Crippen molar-refractivity contribution in [1.29, 1.82) is 5.26 Å². The lowest BCUT2D eigenvalue weighted by Gasteiger charge is -2.43. The molecule has 0 spiro atoms. The van der Waals surface area contributed by atoms with Crippen molar-refractivity contribution in [3.05, 3.63) is 29.8 Å². The number of rotatable bonds is 2. The molecule has 0 bridgehead atoms. The first-order chi connectivity index (χ1) is 10.3. The zero-order chi connectivity index (χ0) is 14.7. The van der Waals surface area contributed by atoms with Gasteiger partial charge in [-0.2, -0.15) is 5.26 Å². The highest BCUT2D eigenvalue weighted by Crippen LogP contribution is 2.13. The van der Waals surface area contributed by atoms with E-state index in [9.17, 15) is 4.79 Å². The van der Waals surface area contributed by atoms with E-state index in [2.05, 4.69) is 21.6 Å². The van der Waals surface area contributed by atoms with Crippen LogP contribution < -0.4 is 10.6 Å². The quantitative estimate of drug-likeness (QED) is 0.838. The molecule has 110 valence electrons. The predicted octanol–water partition coefficient (Wildman–Crippen LogP) is 0.680. The van der Waals surface area contributed by atoms with Crippen molar-refractivity contribution in [2.24, 2.45) is 0 Å². The first kappa shape index (κ1) is 13.9. The molecule has 21 heavy (non-hydrogen) atoms. The summed E-state index contributed by atoms with van der Waals surface area (Å²) in [6, 6.07) is 9.57. The Morgan fingerprint density at radius 1 is 1.19 bits per heavy atom. The summed E-state index contributed by atoms with van der Waals surface area (Å²) >= 11 is 0. The number of anilines is 1. The van der Waals surface area contributed by atoms with E-state index in [0.717, 1.165) is 45.0 Å². The van der Waals surface area contributed by atoms with Crippen LogP contribution in [0.3, 0.4) is 0 Å². The van der Waals surface area contributed by atoms with Gasteiger partial charge in [-0.15, -0.1) is 0 Å². The van der Waals surface area contributed by atoms with Gasteiger partial charge in [0, 0.05) is 51.0 Å². The van der Waals surface area contributed by atoms with Crippen molar-refractivity contribution in [3.63, 3.8) is 0 Å². The molecule has 2 saturated heterocycles. The minimum Gasteiger partial charge on any atom is -0.322 e. The summed E-state index contributed by atoms with van der Waals surface area (Å²) in [6.45, 7) is 5.53. The molecule has 2 N–H and O–H groups in total. The van der Waals surface area contributed by atoms with Crippen LogP contribution in [0.5, 0.6) is 0 Å². The lowest BCUT2D eigenvalue weighted by molar-refractivity contribution is 0.0878. The predicted molar refractivity (Wildman–Crippen MR) is 80.0 cm³/mol. The number of hydrogen-bond acceptors (Lipinski definition) is 4. The molecule has 0 atom stereocenters. The lowest BCUT2D eigenvalue weighted by atomic mass is 10.1. The third-order valence-electron chi connectivity index (χ3n) is 4.14. The Bertz CT molecular complexity index is 538. The highest BCUT2D eigenvalue weighted by atomic mass is 16.2. The fourth-order valence-corrected chi connectivity index (χ4v) is 2.65. The number of amides is 2. The van der Waals surface area contributed by atoms with Gasteiger partial charge in [0.15, 0.2) is 0 Å². The van der Waals surface area contributed by atoms with Crippen molar-refractivity contribution in [1.82, 2.24) is 15.1 Å². The molecule has 2 aliphatic rings. The number of carbonyl (C=O) groups excluding carboxylic acids is 1. The molecule has 6 heteroatoms. The number of piperazine rings is 1. The van der Waals surface area contributed by atoms with Crippen LogP contribution >= 0.6 is 0 Å². The van der Waals surface area contributed by atoms with E-state index in [-0.39, 0.29) is 6.03 Å². The van der Waals surface area contributed by atoms with Gasteiger partial charge >= 0.3 is 6.03 Å². The van der Waals surface area contributed by atoms with Crippen LogP contribution in [0.25, 0.3) is 0 Å². The van der Waals surface area contributed by atoms with Gasteiger partial charge in [-0.1, -0.05) is 0 Å². The molecule has 2 fully saturated rings. The molecule has 0 unspecified atom stereocenters. The van der Waals surface area contributed by atoms with Gasteiger partial charge in [-0.3, -0.25) is 4.90 Å². The van der Waals surface area contributed by atoms with Crippen LogP contribution in [0, 0.1) is 11.3 Å². The topological polar surface area (TPSA) is 71.4 Å². The molecule has 0 aliphatic carbocycles. The molecule has 0 aromatic heterocycles. The van der Waals surface area contributed by atoms with Crippen molar-refractivity contribution < 1.29 is 4.79 Å². The maximum absolute atomic E-state index is 12.2. The summed E-state index contributed by atoms with van der Waals surface area (Å²) in [4.78, 5) is 16.5. The molecule has 2 heterocycles. The Morgan fingerprint density at radius 2 is 1.86 bits per heavy atom. The van der Waals surface area contributed by atoms with Gasteiger partial charge in [-0.05, 0) is 24.3 Å². The molecular formula is C15H19N5O. The van der Waals surface area contributed by atoms with Crippen LogP contribution in [-0.2, 0) is 0 Å². The van der Waals surface area contributed by atoms with Crippen LogP contribution in [-0.4, -0.2) is 61.1 Å². The Morgan fingerprint density at radius 3 is 2.38 bits per heavy atom. The smallest absolute Gasteiger partial charge is 0.321 e. The van der Waals surface area contributed by atoms with Gasteiger partial charge in [0.2, 0.25) is 0 Å². The number of hydrogen-bond donors (Lipinski definition) is 2. The normalized spacial score (nSPS) is 19.7. The van der Waals surface area contributed by atoms with Crippen molar-refractivity contribution in [2.45, 2.75) is 6.04 Å². The molecule has 2 amide bonds. The Labute approximate surface area is 124 Å². The second kappa shape index (κ2) is 6.12. The van der Waals surface area contributed by atoms with Gasteiger partial charge < -0.3 is 15.5 Å². The van der Waals surface area contributed by atoms with Gasteiger partial charge in [-0.25, -0.2) is 4.79 Å². The summed E-state index contributed by atoms with van der Waals surface area (Å²) in [5.41, 5.74) is 1.32. The number of nitriles is 1. The molecule has 6 nitrogen and oxygen atoms in total. The van der Waals surface area contributed by atoms with Crippen LogP contribution in [0.2, 0.25) is 0 Å². The largest absolute Gasteiger partial charge is 0.322 e. The lowest BCUT2D eigenvalue weighted by Crippen LogP contribution is -2.62. The summed E-state index contributed by atoms with van der Waals surface area (Å²) in [7, 11) is 0. The van der Waals surface area contributed by atoms with E-state index < -0.39 is 0 Å². The zero-order valence-corrected chi connectivity index (χ0v) is 11.9. The van der Waals surface area contributed by atoms with E-state index in [1.807, 2.05) is 4.90 Å². The Kier molecular flexibility index (Phi) is 4.04. The Hall–Kier alpha value is -2.10. The van der Waals surface area contributed by atoms with Crippen molar-refractivity contribution in [3.8, 4) is 6.07 Å². The number of carbonyl (C=O) groups is 1. The third-order valence-corrected chi connectivity index (χ3v) is 4.14. The van der Waals surface area contributed by atoms with Gasteiger partial charge in [0.05, 0.1) is 11.6 Å². The first-order valence-corrected chi connectivity index (χ1v) is 7.27. The molecule has 1 aromatic rings. The van der Waals surface area contributed by atoms with E-state index in [4.69, 9.17) is 5.26 Å². The standard InChI is InChI=1S/C15H19N5O/c16-9-12-1-3-13(4-2-12)18-15(21)20-7-5-19(6-8-20)14-10-17-11-14/h1-4,14,17H,5-8,10-11H2,(H,18,21). The fraction of sp³-hybridized carbons (Fsp3) is 0.467. The molecule has 0 saturated carbocycles. The van der Waals surface area contributed by atoms with E-state index in [0.29, 0.717) is 11.6 Å². The third kappa shape index (κ3) is 3.15. The molecule has 1 aromatic carbocycles. The van der Waals surface area contributed by atoms with E-state index in [1.165, 1.54) is 0 Å². The average molecular weight is 285 g/mol. The molecule has 3 rings (SSSR count). The maximum Gasteiger partial charge on any atom is 0.321 e. The summed E-state index contributed by atoms with van der Waals surface area (Å²) in [6.07, 6.45) is 0. The molecular weight excluding hydrogens is 266 g/mol. The van der Waals surface area contributed by atoms with Gasteiger partial charge in [0.1, 0.15) is 0 Å². The van der Waals surface area contributed by atoms with Crippen LogP contribution in [0.4, 0.5) is 10.5 Å². The monoisotopic (exact) mass is 285 g/mol. The summed E-state index contributed by atoms with van der Waals surface area (Å²) in [5.74, 6) is 0. The molecule has 2 aliphatic heterocycles. The summed E-state index contributed by atoms with van der Waals surface area (Å²) in [5, 5.41) is 14.9. The highest BCUT2D eigenvalue weighted by molar-refractivity contribution is 5.89. The number of urea groups is 1. The van der Waals surface area contributed by atoms with Crippen molar-refractivity contribution in [2.75, 3.05) is 44.6 Å². The minimum atomic E-state index is -0.0638. The van der Waals surface area contributed by atoms with E-state index >= 15 is 0 Å². The second-order valence-corrected chi connectivity index (χ2v) is 5.45. The summed E-state index contributed by atoms with van der Waals surface area (Å²) < 4.78 is 0. The number of nitrogens with one attached hydrogen (secondary N) is 2. The van der Waals surface area contributed by atoms with Crippen molar-refractivity contribution >= 4 is 11.7 Å². The van der Waals surface area contributed by atoms with Crippen LogP contribution in [0.1, 0.15) is 5.56 Å². The fourth-order valence-electron chi connectivity index (χ4n) is 2.65. The zero-order valence-electron chi connectivity index (χ0n) is 11.9. The van der Waals surface area contributed by atoms with E-state index in [1.54, 1.807) is 24.3 Å². The van der Waals surface area contributed by atoms with Gasteiger partial charge in [0.25, 0.3) is 0 Å². The highest BCUT2D eigenvalue weighted by Gasteiger charge is 2.29. The number of benzene rings is 1. The SMILES string of the molecule is N#Cc1ccc(NC(=O)N2CCN(C3CNC3)CC2)cc1. The molecule has 0 radical (unpaired) electrons.